The molecule has 0 N–H and O–H groups in total. The van der Waals surface area contributed by atoms with Crippen LogP contribution in [0.4, 0.5) is 0 Å². The summed E-state index contributed by atoms with van der Waals surface area (Å²) in [6.07, 6.45) is 1.53. The number of esters is 2. The highest BCUT2D eigenvalue weighted by Crippen LogP contribution is 2.32. The summed E-state index contributed by atoms with van der Waals surface area (Å²) in [5.74, 6) is -1.74. The molecule has 0 saturated heterocycles. The average Bonchev–Trinajstić information content (AvgIpc) is 2.56. The van der Waals surface area contributed by atoms with E-state index in [4.69, 9.17) is 4.74 Å². The van der Waals surface area contributed by atoms with Crippen LogP contribution in [0.5, 0.6) is 0 Å². The van der Waals surface area contributed by atoms with Gasteiger partial charge in [-0.2, -0.15) is 0 Å². The third-order valence-electron chi connectivity index (χ3n) is 3.81. The Balaban J connectivity index is 3.03. The number of benzene rings is 1. The Morgan fingerprint density at radius 1 is 1.08 bits per heavy atom. The first kappa shape index (κ1) is 19.6. The molecule has 1 aromatic carbocycles. The smallest absolute Gasteiger partial charge is 0.320 e. The molecule has 0 fully saturated rings. The van der Waals surface area contributed by atoms with Gasteiger partial charge in [0.15, 0.2) is 0 Å². The van der Waals surface area contributed by atoms with Gasteiger partial charge in [0.05, 0.1) is 13.5 Å². The van der Waals surface area contributed by atoms with Crippen LogP contribution in [0.15, 0.2) is 42.0 Å². The van der Waals surface area contributed by atoms with Gasteiger partial charge >= 0.3 is 11.9 Å². The van der Waals surface area contributed by atoms with Crippen molar-refractivity contribution in [3.63, 3.8) is 0 Å². The molecule has 0 spiro atoms. The molecule has 5 nitrogen and oxygen atoms in total. The number of allylic oxidation sites excluding steroid dienone is 2. The molecule has 0 aromatic heterocycles. The van der Waals surface area contributed by atoms with E-state index in [-0.39, 0.29) is 19.4 Å². The highest BCUT2D eigenvalue weighted by molar-refractivity contribution is 6.05. The minimum Gasteiger partial charge on any atom is -0.469 e. The maximum absolute atomic E-state index is 12.7. The van der Waals surface area contributed by atoms with Crippen molar-refractivity contribution in [1.82, 2.24) is 0 Å². The summed E-state index contributed by atoms with van der Waals surface area (Å²) in [6, 6.07) is 9.16. The predicted molar refractivity (Wildman–Crippen MR) is 90.0 cm³/mol. The second kappa shape index (κ2) is 9.01. The van der Waals surface area contributed by atoms with Crippen LogP contribution < -0.4 is 0 Å². The second-order valence-corrected chi connectivity index (χ2v) is 5.94. The lowest BCUT2D eigenvalue weighted by Gasteiger charge is -2.27. The summed E-state index contributed by atoms with van der Waals surface area (Å²) in [7, 11) is 1.23. The van der Waals surface area contributed by atoms with Gasteiger partial charge in [0.1, 0.15) is 17.8 Å². The molecule has 0 aliphatic rings. The van der Waals surface area contributed by atoms with Crippen LogP contribution in [0, 0.1) is 5.41 Å². The Labute approximate surface area is 142 Å². The van der Waals surface area contributed by atoms with Gasteiger partial charge in [0.2, 0.25) is 0 Å². The van der Waals surface area contributed by atoms with Crippen LogP contribution in [-0.4, -0.2) is 24.8 Å². The van der Waals surface area contributed by atoms with Crippen LogP contribution in [0.1, 0.15) is 39.2 Å². The highest BCUT2D eigenvalue weighted by Gasteiger charge is 2.46. The predicted octanol–water partition coefficient (Wildman–Crippen LogP) is 3.22. The number of hydrogen-bond donors (Lipinski definition) is 0. The van der Waals surface area contributed by atoms with Crippen molar-refractivity contribution in [3.8, 4) is 0 Å². The number of hydrogen-bond acceptors (Lipinski definition) is 5. The van der Waals surface area contributed by atoms with Crippen molar-refractivity contribution in [2.75, 3.05) is 7.11 Å². The lowest BCUT2D eigenvalue weighted by Crippen LogP contribution is -2.41. The van der Waals surface area contributed by atoms with Gasteiger partial charge in [-0.05, 0) is 32.8 Å². The minimum absolute atomic E-state index is 0.0463. The molecule has 1 unspecified atom stereocenters. The molecule has 0 amide bonds. The zero-order chi connectivity index (χ0) is 18.2. The molecule has 0 radical (unpaired) electrons. The van der Waals surface area contributed by atoms with Gasteiger partial charge in [-0.25, -0.2) is 0 Å². The summed E-state index contributed by atoms with van der Waals surface area (Å²) in [6.45, 7) is 5.06. The topological polar surface area (TPSA) is 69.7 Å². The fourth-order valence-electron chi connectivity index (χ4n) is 2.20. The highest BCUT2D eigenvalue weighted by atomic mass is 16.5. The van der Waals surface area contributed by atoms with E-state index in [9.17, 15) is 14.4 Å². The average molecular weight is 332 g/mol. The van der Waals surface area contributed by atoms with E-state index in [1.165, 1.54) is 14.0 Å². The Bertz CT molecular complexity index is 614. The molecular weight excluding hydrogens is 308 g/mol. The van der Waals surface area contributed by atoms with Crippen LogP contribution >= 0.6 is 0 Å². The lowest BCUT2D eigenvalue weighted by molar-refractivity contribution is -0.166. The van der Waals surface area contributed by atoms with Crippen LogP contribution in [0.3, 0.4) is 0 Å². The third kappa shape index (κ3) is 5.33. The Kier molecular flexibility index (Phi) is 7.36. The first-order valence-corrected chi connectivity index (χ1v) is 7.74. The van der Waals surface area contributed by atoms with Crippen molar-refractivity contribution in [2.45, 2.75) is 40.2 Å². The number of methoxy groups -OCH3 is 1. The first-order valence-electron chi connectivity index (χ1n) is 7.74. The minimum atomic E-state index is -1.56. The van der Waals surface area contributed by atoms with Gasteiger partial charge in [-0.1, -0.05) is 42.0 Å². The van der Waals surface area contributed by atoms with Crippen molar-refractivity contribution in [1.29, 1.82) is 0 Å². The Morgan fingerprint density at radius 3 is 2.21 bits per heavy atom. The largest absolute Gasteiger partial charge is 0.469 e. The summed E-state index contributed by atoms with van der Waals surface area (Å²) in [5, 5.41) is 0. The summed E-state index contributed by atoms with van der Waals surface area (Å²) >= 11 is 0. The Hall–Kier alpha value is -2.43. The zero-order valence-corrected chi connectivity index (χ0v) is 14.6. The molecule has 130 valence electrons. The fourth-order valence-corrected chi connectivity index (χ4v) is 2.20. The van der Waals surface area contributed by atoms with Crippen LogP contribution in [-0.2, 0) is 30.5 Å². The van der Waals surface area contributed by atoms with Crippen molar-refractivity contribution >= 4 is 17.7 Å². The van der Waals surface area contributed by atoms with E-state index in [0.29, 0.717) is 0 Å². The monoisotopic (exact) mass is 332 g/mol. The zero-order valence-electron chi connectivity index (χ0n) is 14.6. The number of carbonyl (C=O) groups excluding carboxylic acids is 3. The SMILES string of the molecule is COC(=O)CC(CC=C(C)C)(C(C)=O)C(=O)OCc1ccccc1. The molecule has 0 heterocycles. The van der Waals surface area contributed by atoms with Crippen LogP contribution in [0.2, 0.25) is 0 Å². The quantitative estimate of drug-likeness (QED) is 0.415. The van der Waals surface area contributed by atoms with Gasteiger partial charge in [0, 0.05) is 0 Å². The molecule has 5 heteroatoms. The molecule has 0 bridgehead atoms. The summed E-state index contributed by atoms with van der Waals surface area (Å²) in [4.78, 5) is 36.7. The third-order valence-corrected chi connectivity index (χ3v) is 3.81. The number of ketones is 1. The van der Waals surface area contributed by atoms with Crippen molar-refractivity contribution < 1.29 is 23.9 Å². The standard InChI is InChI=1S/C19H24O5/c1-14(2)10-11-19(15(3)20,12-17(21)23-4)18(22)24-13-16-8-6-5-7-9-16/h5-10H,11-13H2,1-4H3. The van der Waals surface area contributed by atoms with Crippen LogP contribution in [0.25, 0.3) is 0 Å². The van der Waals surface area contributed by atoms with Gasteiger partial charge in [-0.3, -0.25) is 14.4 Å². The molecule has 0 aliphatic carbocycles. The van der Waals surface area contributed by atoms with Gasteiger partial charge in [-0.15, -0.1) is 0 Å². The maximum Gasteiger partial charge on any atom is 0.320 e. The van der Waals surface area contributed by atoms with E-state index in [2.05, 4.69) is 4.74 Å². The maximum atomic E-state index is 12.7. The molecule has 1 atom stereocenters. The first-order chi connectivity index (χ1) is 11.3. The van der Waals surface area contributed by atoms with Gasteiger partial charge in [0.25, 0.3) is 0 Å². The van der Waals surface area contributed by atoms with Crippen molar-refractivity contribution in [3.05, 3.63) is 47.5 Å². The summed E-state index contributed by atoms with van der Waals surface area (Å²) < 4.78 is 9.99. The van der Waals surface area contributed by atoms with Crippen molar-refractivity contribution in [2.24, 2.45) is 5.41 Å². The normalized spacial score (nSPS) is 12.7. The molecule has 1 aromatic rings. The number of rotatable bonds is 8. The number of Topliss-reactive ketones (excluding diaryl/α,β-unsaturated/α-hetero) is 1. The van der Waals surface area contributed by atoms with Gasteiger partial charge < -0.3 is 9.47 Å². The molecular formula is C19H24O5. The van der Waals surface area contributed by atoms with E-state index in [1.807, 2.05) is 44.2 Å². The second-order valence-electron chi connectivity index (χ2n) is 5.94. The molecule has 0 saturated carbocycles. The lowest BCUT2D eigenvalue weighted by atomic mass is 9.77. The fraction of sp³-hybridized carbons (Fsp3) is 0.421. The number of ether oxygens (including phenoxy) is 2. The summed E-state index contributed by atoms with van der Waals surface area (Å²) in [5.41, 5.74) is 0.198. The molecule has 24 heavy (non-hydrogen) atoms. The van der Waals surface area contributed by atoms with E-state index in [1.54, 1.807) is 6.08 Å². The Morgan fingerprint density at radius 2 is 1.71 bits per heavy atom. The molecule has 0 aliphatic heterocycles. The van der Waals surface area contributed by atoms with E-state index in [0.717, 1.165) is 11.1 Å². The molecule has 1 rings (SSSR count). The van der Waals surface area contributed by atoms with E-state index < -0.39 is 23.1 Å². The number of carbonyl (C=O) groups is 3. The van der Waals surface area contributed by atoms with E-state index >= 15 is 0 Å².